The molecule has 1 aliphatic carbocycles. The number of hydrogen-bond acceptors (Lipinski definition) is 6. The van der Waals surface area contributed by atoms with Crippen LogP contribution in [0, 0.1) is 10.1 Å². The van der Waals surface area contributed by atoms with Crippen LogP contribution in [0.4, 0.5) is 5.69 Å². The maximum Gasteiger partial charge on any atom is 0.273 e. The summed E-state index contributed by atoms with van der Waals surface area (Å²) in [6, 6.07) is 5.01. The van der Waals surface area contributed by atoms with Gasteiger partial charge < -0.3 is 10.3 Å². The van der Waals surface area contributed by atoms with E-state index in [0.717, 1.165) is 19.3 Å². The molecule has 0 amide bonds. The Morgan fingerprint density at radius 1 is 1.35 bits per heavy atom. The van der Waals surface area contributed by atoms with Crippen molar-refractivity contribution in [3.05, 3.63) is 39.7 Å². The zero-order chi connectivity index (χ0) is 16.8. The molecule has 2 N–H and O–H groups in total. The van der Waals surface area contributed by atoms with Gasteiger partial charge in [0.05, 0.1) is 10.5 Å². The fourth-order valence-electron chi connectivity index (χ4n) is 2.77. The van der Waals surface area contributed by atoms with Crippen LogP contribution in [-0.4, -0.2) is 15.1 Å². The zero-order valence-electron chi connectivity index (χ0n) is 13.5. The second-order valence-corrected chi connectivity index (χ2v) is 7.17. The number of nitrogens with two attached hydrogens (primary N) is 1. The standard InChI is InChI=1S/C16H20N4O3/c1-15(2,3)11-6-5-10(9-12(11)20(21)22)13-18-14(19-23-13)16(17)7-4-8-16/h5-6,9H,4,7-8,17H2,1-3H3. The van der Waals surface area contributed by atoms with E-state index in [1.165, 1.54) is 6.07 Å². The first-order chi connectivity index (χ1) is 10.7. The number of nitrogens with zero attached hydrogens (tertiary/aromatic N) is 3. The van der Waals surface area contributed by atoms with E-state index in [-0.39, 0.29) is 21.9 Å². The highest BCUT2D eigenvalue weighted by molar-refractivity contribution is 5.61. The van der Waals surface area contributed by atoms with Gasteiger partial charge in [0.2, 0.25) is 0 Å². The molecular weight excluding hydrogens is 296 g/mol. The number of rotatable bonds is 3. The second-order valence-electron chi connectivity index (χ2n) is 7.17. The molecule has 23 heavy (non-hydrogen) atoms. The fourth-order valence-corrected chi connectivity index (χ4v) is 2.77. The molecule has 0 unspecified atom stereocenters. The van der Waals surface area contributed by atoms with Gasteiger partial charge in [-0.3, -0.25) is 10.1 Å². The predicted octanol–water partition coefficient (Wildman–Crippen LogP) is 3.28. The Balaban J connectivity index is 2.01. The van der Waals surface area contributed by atoms with Crippen LogP contribution in [-0.2, 0) is 11.0 Å². The van der Waals surface area contributed by atoms with Crippen molar-refractivity contribution >= 4 is 5.69 Å². The summed E-state index contributed by atoms with van der Waals surface area (Å²) in [6.45, 7) is 5.82. The largest absolute Gasteiger partial charge is 0.334 e. The molecule has 1 aromatic heterocycles. The second kappa shape index (κ2) is 5.13. The van der Waals surface area contributed by atoms with Gasteiger partial charge >= 0.3 is 0 Å². The van der Waals surface area contributed by atoms with Crippen molar-refractivity contribution in [1.82, 2.24) is 10.1 Å². The number of nitro benzene ring substituents is 1. The minimum absolute atomic E-state index is 0.0563. The molecule has 1 fully saturated rings. The van der Waals surface area contributed by atoms with Crippen LogP contribution < -0.4 is 5.73 Å². The van der Waals surface area contributed by atoms with Gasteiger partial charge in [-0.25, -0.2) is 0 Å². The highest BCUT2D eigenvalue weighted by Gasteiger charge is 2.39. The fraction of sp³-hybridized carbons (Fsp3) is 0.500. The Labute approximate surface area is 134 Å². The van der Waals surface area contributed by atoms with Gasteiger partial charge in [-0.15, -0.1) is 0 Å². The summed E-state index contributed by atoms with van der Waals surface area (Å²) in [5.74, 6) is 0.738. The maximum atomic E-state index is 11.4. The number of aromatic nitrogens is 2. The Kier molecular flexibility index (Phi) is 3.48. The summed E-state index contributed by atoms with van der Waals surface area (Å²) >= 11 is 0. The Bertz CT molecular complexity index is 757. The minimum atomic E-state index is -0.515. The molecule has 0 radical (unpaired) electrons. The van der Waals surface area contributed by atoms with E-state index in [4.69, 9.17) is 10.3 Å². The molecule has 2 aromatic rings. The summed E-state index contributed by atoms with van der Waals surface area (Å²) in [6.07, 6.45) is 2.70. The van der Waals surface area contributed by atoms with Gasteiger partial charge in [0.15, 0.2) is 5.82 Å². The SMILES string of the molecule is CC(C)(C)c1ccc(-c2nc(C3(N)CCC3)no2)cc1[N+](=O)[O-]. The molecule has 0 spiro atoms. The van der Waals surface area contributed by atoms with E-state index in [1.807, 2.05) is 20.8 Å². The van der Waals surface area contributed by atoms with Crippen LogP contribution in [0.3, 0.4) is 0 Å². The maximum absolute atomic E-state index is 11.4. The van der Waals surface area contributed by atoms with Crippen molar-refractivity contribution in [3.63, 3.8) is 0 Å². The van der Waals surface area contributed by atoms with Gasteiger partial charge in [-0.05, 0) is 30.7 Å². The van der Waals surface area contributed by atoms with Crippen LogP contribution in [0.25, 0.3) is 11.5 Å². The Morgan fingerprint density at radius 3 is 2.57 bits per heavy atom. The van der Waals surface area contributed by atoms with Crippen molar-refractivity contribution in [2.75, 3.05) is 0 Å². The van der Waals surface area contributed by atoms with Crippen LogP contribution in [0.15, 0.2) is 22.7 Å². The zero-order valence-corrected chi connectivity index (χ0v) is 13.5. The lowest BCUT2D eigenvalue weighted by molar-refractivity contribution is -0.385. The molecule has 1 saturated carbocycles. The lowest BCUT2D eigenvalue weighted by atomic mass is 9.77. The molecule has 7 nitrogen and oxygen atoms in total. The van der Waals surface area contributed by atoms with Gasteiger partial charge in [0.1, 0.15) is 0 Å². The number of nitro groups is 1. The van der Waals surface area contributed by atoms with E-state index in [9.17, 15) is 10.1 Å². The van der Waals surface area contributed by atoms with Crippen molar-refractivity contribution in [3.8, 4) is 11.5 Å². The first-order valence-electron chi connectivity index (χ1n) is 7.63. The Morgan fingerprint density at radius 2 is 2.04 bits per heavy atom. The molecule has 1 heterocycles. The van der Waals surface area contributed by atoms with Crippen molar-refractivity contribution in [1.29, 1.82) is 0 Å². The van der Waals surface area contributed by atoms with Gasteiger partial charge in [-0.2, -0.15) is 4.98 Å². The molecular formula is C16H20N4O3. The molecule has 0 bridgehead atoms. The summed E-state index contributed by atoms with van der Waals surface area (Å²) in [5.41, 5.74) is 6.60. The third kappa shape index (κ3) is 2.72. The van der Waals surface area contributed by atoms with Crippen molar-refractivity contribution in [2.24, 2.45) is 5.73 Å². The van der Waals surface area contributed by atoms with Gasteiger partial charge in [0.25, 0.3) is 11.6 Å². The molecule has 0 aliphatic heterocycles. The van der Waals surface area contributed by atoms with Crippen LogP contribution in [0.1, 0.15) is 51.4 Å². The molecule has 0 atom stereocenters. The average Bonchev–Trinajstić information content (AvgIpc) is 2.93. The normalized spacial score (nSPS) is 16.9. The molecule has 3 rings (SSSR count). The third-order valence-corrected chi connectivity index (χ3v) is 4.37. The highest BCUT2D eigenvalue weighted by Crippen LogP contribution is 2.38. The summed E-state index contributed by atoms with van der Waals surface area (Å²) in [4.78, 5) is 15.4. The highest BCUT2D eigenvalue weighted by atomic mass is 16.6. The predicted molar refractivity (Wildman–Crippen MR) is 84.8 cm³/mol. The average molecular weight is 316 g/mol. The summed E-state index contributed by atoms with van der Waals surface area (Å²) in [5, 5.41) is 15.3. The minimum Gasteiger partial charge on any atom is -0.334 e. The molecule has 122 valence electrons. The smallest absolute Gasteiger partial charge is 0.273 e. The third-order valence-electron chi connectivity index (χ3n) is 4.37. The van der Waals surface area contributed by atoms with E-state index in [2.05, 4.69) is 10.1 Å². The monoisotopic (exact) mass is 316 g/mol. The number of hydrogen-bond donors (Lipinski definition) is 1. The summed E-state index contributed by atoms with van der Waals surface area (Å²) < 4.78 is 5.27. The molecule has 0 saturated heterocycles. The van der Waals surface area contributed by atoms with Crippen molar-refractivity contribution < 1.29 is 9.45 Å². The van der Waals surface area contributed by atoms with Crippen molar-refractivity contribution in [2.45, 2.75) is 51.0 Å². The molecule has 1 aliphatic rings. The van der Waals surface area contributed by atoms with E-state index >= 15 is 0 Å². The van der Waals surface area contributed by atoms with Crippen LogP contribution in [0.2, 0.25) is 0 Å². The van der Waals surface area contributed by atoms with E-state index in [1.54, 1.807) is 12.1 Å². The summed E-state index contributed by atoms with van der Waals surface area (Å²) in [7, 11) is 0. The molecule has 7 heteroatoms. The van der Waals surface area contributed by atoms with E-state index in [0.29, 0.717) is 17.0 Å². The van der Waals surface area contributed by atoms with Gasteiger partial charge in [-0.1, -0.05) is 32.0 Å². The topological polar surface area (TPSA) is 108 Å². The molecule has 1 aromatic carbocycles. The Hall–Kier alpha value is -2.28. The first kappa shape index (κ1) is 15.6. The number of benzene rings is 1. The lowest BCUT2D eigenvalue weighted by Crippen LogP contribution is -2.44. The van der Waals surface area contributed by atoms with E-state index < -0.39 is 5.54 Å². The van der Waals surface area contributed by atoms with Gasteiger partial charge in [0, 0.05) is 17.2 Å². The quantitative estimate of drug-likeness (QED) is 0.687. The first-order valence-corrected chi connectivity index (χ1v) is 7.63. The van der Waals surface area contributed by atoms with Crippen LogP contribution in [0.5, 0.6) is 0 Å². The van der Waals surface area contributed by atoms with Crippen LogP contribution >= 0.6 is 0 Å². The lowest BCUT2D eigenvalue weighted by Gasteiger charge is -2.34.